The van der Waals surface area contributed by atoms with Crippen molar-refractivity contribution in [1.82, 2.24) is 4.98 Å². The summed E-state index contributed by atoms with van der Waals surface area (Å²) < 4.78 is 5.54. The van der Waals surface area contributed by atoms with E-state index in [0.717, 1.165) is 42.1 Å². The highest BCUT2D eigenvalue weighted by molar-refractivity contribution is 5.77. The minimum Gasteiger partial charge on any atom is -0.441 e. The quantitative estimate of drug-likeness (QED) is 0.756. The summed E-state index contributed by atoms with van der Waals surface area (Å²) in [6.07, 6.45) is 1.79. The Hall–Kier alpha value is -1.55. The lowest BCUT2D eigenvalue weighted by Gasteiger charge is -2.03. The second-order valence-electron chi connectivity index (χ2n) is 3.71. The van der Waals surface area contributed by atoms with Gasteiger partial charge in [0.25, 0.3) is 0 Å². The zero-order valence-corrected chi connectivity index (χ0v) is 9.49. The minimum absolute atomic E-state index is 0.708. The molecule has 1 heterocycles. The molecular formula is C12H17N3O. The van der Waals surface area contributed by atoms with Crippen molar-refractivity contribution in [3.05, 3.63) is 24.1 Å². The van der Waals surface area contributed by atoms with Crippen LogP contribution < -0.4 is 11.1 Å². The van der Waals surface area contributed by atoms with Gasteiger partial charge in [-0.1, -0.05) is 6.92 Å². The second-order valence-corrected chi connectivity index (χ2v) is 3.71. The number of hydrogen-bond acceptors (Lipinski definition) is 4. The normalized spacial score (nSPS) is 10.9. The number of rotatable bonds is 5. The first-order valence-corrected chi connectivity index (χ1v) is 5.67. The Balaban J connectivity index is 2.15. The highest BCUT2D eigenvalue weighted by Gasteiger charge is 2.04. The third-order valence-electron chi connectivity index (χ3n) is 2.44. The van der Waals surface area contributed by atoms with E-state index in [9.17, 15) is 0 Å². The van der Waals surface area contributed by atoms with Gasteiger partial charge in [-0.2, -0.15) is 0 Å². The van der Waals surface area contributed by atoms with Crippen molar-refractivity contribution in [3.8, 4) is 0 Å². The van der Waals surface area contributed by atoms with Gasteiger partial charge in [-0.3, -0.25) is 0 Å². The van der Waals surface area contributed by atoms with Gasteiger partial charge < -0.3 is 15.5 Å². The van der Waals surface area contributed by atoms with Crippen molar-refractivity contribution in [2.45, 2.75) is 19.8 Å². The summed E-state index contributed by atoms with van der Waals surface area (Å²) in [5.41, 5.74) is 8.26. The van der Waals surface area contributed by atoms with Crippen LogP contribution in [-0.2, 0) is 6.42 Å². The van der Waals surface area contributed by atoms with Gasteiger partial charge >= 0.3 is 0 Å². The molecular weight excluding hydrogens is 202 g/mol. The lowest BCUT2D eigenvalue weighted by molar-refractivity contribution is 0.538. The second kappa shape index (κ2) is 4.99. The molecule has 0 bridgehead atoms. The first kappa shape index (κ1) is 11.0. The van der Waals surface area contributed by atoms with Crippen molar-refractivity contribution in [2.24, 2.45) is 5.73 Å². The maximum Gasteiger partial charge on any atom is 0.195 e. The molecule has 0 atom stereocenters. The standard InChI is InChI=1S/C12H17N3O/c1-2-12-15-10-8-9(14-7-3-6-13)4-5-11(10)16-12/h4-5,8,14H,2-3,6-7,13H2,1H3. The summed E-state index contributed by atoms with van der Waals surface area (Å²) in [6, 6.07) is 5.96. The summed E-state index contributed by atoms with van der Waals surface area (Å²) in [5.74, 6) is 0.786. The van der Waals surface area contributed by atoms with Crippen LogP contribution in [-0.4, -0.2) is 18.1 Å². The van der Waals surface area contributed by atoms with E-state index in [1.807, 2.05) is 25.1 Å². The zero-order chi connectivity index (χ0) is 11.4. The summed E-state index contributed by atoms with van der Waals surface area (Å²) in [6.45, 7) is 3.63. The molecule has 0 aliphatic heterocycles. The molecule has 2 aromatic rings. The van der Waals surface area contributed by atoms with Crippen molar-refractivity contribution < 1.29 is 4.42 Å². The van der Waals surface area contributed by atoms with Gasteiger partial charge in [0.05, 0.1) is 0 Å². The number of anilines is 1. The fourth-order valence-electron chi connectivity index (χ4n) is 1.57. The molecule has 86 valence electrons. The van der Waals surface area contributed by atoms with E-state index >= 15 is 0 Å². The van der Waals surface area contributed by atoms with Crippen LogP contribution in [0.25, 0.3) is 11.1 Å². The van der Waals surface area contributed by atoms with Crippen LogP contribution in [0.4, 0.5) is 5.69 Å². The number of aromatic nitrogens is 1. The number of oxazole rings is 1. The summed E-state index contributed by atoms with van der Waals surface area (Å²) in [4.78, 5) is 4.39. The zero-order valence-electron chi connectivity index (χ0n) is 9.49. The molecule has 0 radical (unpaired) electrons. The van der Waals surface area contributed by atoms with E-state index in [1.54, 1.807) is 0 Å². The van der Waals surface area contributed by atoms with E-state index in [0.29, 0.717) is 6.54 Å². The molecule has 0 fully saturated rings. The average molecular weight is 219 g/mol. The van der Waals surface area contributed by atoms with Crippen LogP contribution in [0.5, 0.6) is 0 Å². The lowest BCUT2D eigenvalue weighted by atomic mass is 10.3. The molecule has 4 heteroatoms. The monoisotopic (exact) mass is 219 g/mol. The lowest BCUT2D eigenvalue weighted by Crippen LogP contribution is -2.08. The van der Waals surface area contributed by atoms with Crippen LogP contribution in [0.1, 0.15) is 19.2 Å². The fourth-order valence-corrected chi connectivity index (χ4v) is 1.57. The molecule has 16 heavy (non-hydrogen) atoms. The molecule has 1 aromatic carbocycles. The molecule has 0 aliphatic rings. The maximum absolute atomic E-state index is 5.54. The molecule has 4 nitrogen and oxygen atoms in total. The molecule has 0 unspecified atom stereocenters. The van der Waals surface area contributed by atoms with E-state index in [4.69, 9.17) is 10.2 Å². The average Bonchev–Trinajstić information content (AvgIpc) is 2.71. The molecule has 0 amide bonds. The van der Waals surface area contributed by atoms with E-state index in [-0.39, 0.29) is 0 Å². The van der Waals surface area contributed by atoms with Gasteiger partial charge in [-0.25, -0.2) is 4.98 Å². The number of fused-ring (bicyclic) bond motifs is 1. The molecule has 0 spiro atoms. The Morgan fingerprint density at radius 1 is 1.44 bits per heavy atom. The number of hydrogen-bond donors (Lipinski definition) is 2. The van der Waals surface area contributed by atoms with Crippen molar-refractivity contribution in [3.63, 3.8) is 0 Å². The largest absolute Gasteiger partial charge is 0.441 e. The highest BCUT2D eigenvalue weighted by atomic mass is 16.3. The first-order valence-electron chi connectivity index (χ1n) is 5.67. The van der Waals surface area contributed by atoms with Gasteiger partial charge in [-0.15, -0.1) is 0 Å². The fraction of sp³-hybridized carbons (Fsp3) is 0.417. The van der Waals surface area contributed by atoms with Crippen LogP contribution in [0, 0.1) is 0 Å². The third kappa shape index (κ3) is 2.33. The maximum atomic E-state index is 5.54. The number of benzene rings is 1. The molecule has 2 rings (SSSR count). The van der Waals surface area contributed by atoms with Crippen molar-refractivity contribution in [2.75, 3.05) is 18.4 Å². The van der Waals surface area contributed by atoms with Gasteiger partial charge in [0.2, 0.25) is 0 Å². The Morgan fingerprint density at radius 2 is 2.31 bits per heavy atom. The SMILES string of the molecule is CCc1nc2cc(NCCCN)ccc2o1. The Morgan fingerprint density at radius 3 is 3.06 bits per heavy atom. The number of nitrogens with one attached hydrogen (secondary N) is 1. The molecule has 0 saturated heterocycles. The molecule has 0 saturated carbocycles. The predicted octanol–water partition coefficient (Wildman–Crippen LogP) is 2.15. The van der Waals surface area contributed by atoms with Gasteiger partial charge in [0.15, 0.2) is 11.5 Å². The minimum atomic E-state index is 0.708. The Bertz CT molecular complexity index is 464. The van der Waals surface area contributed by atoms with Crippen molar-refractivity contribution >= 4 is 16.8 Å². The molecule has 0 aliphatic carbocycles. The number of nitrogens with two attached hydrogens (primary N) is 1. The highest BCUT2D eigenvalue weighted by Crippen LogP contribution is 2.20. The van der Waals surface area contributed by atoms with E-state index in [2.05, 4.69) is 10.3 Å². The molecule has 1 aromatic heterocycles. The van der Waals surface area contributed by atoms with Crippen LogP contribution in [0.2, 0.25) is 0 Å². The number of nitrogens with zero attached hydrogens (tertiary/aromatic N) is 1. The van der Waals surface area contributed by atoms with Gasteiger partial charge in [0, 0.05) is 18.7 Å². The summed E-state index contributed by atoms with van der Waals surface area (Å²) in [7, 11) is 0. The van der Waals surface area contributed by atoms with Gasteiger partial charge in [-0.05, 0) is 31.2 Å². The van der Waals surface area contributed by atoms with Gasteiger partial charge in [0.1, 0.15) is 5.52 Å². The Kier molecular flexibility index (Phi) is 3.41. The smallest absolute Gasteiger partial charge is 0.195 e. The number of aryl methyl sites for hydroxylation is 1. The Labute approximate surface area is 94.8 Å². The predicted molar refractivity (Wildman–Crippen MR) is 65.5 cm³/mol. The van der Waals surface area contributed by atoms with E-state index < -0.39 is 0 Å². The summed E-state index contributed by atoms with van der Waals surface area (Å²) >= 11 is 0. The van der Waals surface area contributed by atoms with Crippen LogP contribution in [0.15, 0.2) is 22.6 Å². The van der Waals surface area contributed by atoms with Crippen molar-refractivity contribution in [1.29, 1.82) is 0 Å². The van der Waals surface area contributed by atoms with Crippen LogP contribution in [0.3, 0.4) is 0 Å². The summed E-state index contributed by atoms with van der Waals surface area (Å²) in [5, 5.41) is 3.30. The first-order chi connectivity index (χ1) is 7.83. The van der Waals surface area contributed by atoms with E-state index in [1.165, 1.54) is 0 Å². The molecule has 3 N–H and O–H groups in total. The third-order valence-corrected chi connectivity index (χ3v) is 2.44. The van der Waals surface area contributed by atoms with Crippen LogP contribution >= 0.6 is 0 Å². The topological polar surface area (TPSA) is 64.1 Å².